The van der Waals surface area contributed by atoms with E-state index in [2.05, 4.69) is 27.3 Å². The summed E-state index contributed by atoms with van der Waals surface area (Å²) in [5, 5.41) is 5.37. The van der Waals surface area contributed by atoms with Gasteiger partial charge in [-0.2, -0.15) is 0 Å². The van der Waals surface area contributed by atoms with Gasteiger partial charge in [-0.05, 0) is 49.0 Å². The molecule has 18 heavy (non-hydrogen) atoms. The lowest BCUT2D eigenvalue weighted by Gasteiger charge is -2.05. The van der Waals surface area contributed by atoms with E-state index in [-0.39, 0.29) is 0 Å². The van der Waals surface area contributed by atoms with Crippen LogP contribution in [0.25, 0.3) is 21.9 Å². The molecule has 2 heterocycles. The summed E-state index contributed by atoms with van der Waals surface area (Å²) in [6.07, 6.45) is 0. The fourth-order valence-electron chi connectivity index (χ4n) is 2.40. The highest BCUT2D eigenvalue weighted by molar-refractivity contribution is 9.10. The molecule has 3 nitrogen and oxygen atoms in total. The van der Waals surface area contributed by atoms with Crippen molar-refractivity contribution in [3.8, 4) is 0 Å². The number of benzene rings is 1. The third-order valence-electron chi connectivity index (χ3n) is 3.10. The molecule has 0 radical (unpaired) electrons. The Kier molecular flexibility index (Phi) is 2.72. The number of nitrogens with one attached hydrogen (secondary N) is 1. The minimum Gasteiger partial charge on any atom is -0.461 e. The smallest absolute Gasteiger partial charge is 0.149 e. The number of rotatable bonds is 2. The van der Waals surface area contributed by atoms with Crippen molar-refractivity contribution >= 4 is 37.9 Å². The van der Waals surface area contributed by atoms with Crippen molar-refractivity contribution < 1.29 is 8.83 Å². The van der Waals surface area contributed by atoms with E-state index in [1.807, 2.05) is 27.0 Å². The molecule has 0 unspecified atom stereocenters. The van der Waals surface area contributed by atoms with Crippen LogP contribution in [0.5, 0.6) is 0 Å². The van der Waals surface area contributed by atoms with Crippen molar-refractivity contribution in [1.29, 1.82) is 0 Å². The number of halogens is 1. The summed E-state index contributed by atoms with van der Waals surface area (Å²) in [5.74, 6) is 1.82. The number of furan rings is 2. The van der Waals surface area contributed by atoms with Gasteiger partial charge >= 0.3 is 0 Å². The number of hydrogen-bond donors (Lipinski definition) is 1. The average molecular weight is 308 g/mol. The summed E-state index contributed by atoms with van der Waals surface area (Å²) in [4.78, 5) is 0. The second kappa shape index (κ2) is 4.14. The van der Waals surface area contributed by atoms with Gasteiger partial charge < -0.3 is 14.2 Å². The molecule has 0 spiro atoms. The van der Waals surface area contributed by atoms with E-state index in [9.17, 15) is 0 Å². The Morgan fingerprint density at radius 3 is 2.33 bits per heavy atom. The van der Waals surface area contributed by atoms with Crippen molar-refractivity contribution in [3.05, 3.63) is 33.7 Å². The van der Waals surface area contributed by atoms with Crippen molar-refractivity contribution in [1.82, 2.24) is 5.32 Å². The van der Waals surface area contributed by atoms with E-state index in [4.69, 9.17) is 8.83 Å². The van der Waals surface area contributed by atoms with Crippen LogP contribution < -0.4 is 5.32 Å². The molecule has 0 saturated carbocycles. The largest absolute Gasteiger partial charge is 0.461 e. The van der Waals surface area contributed by atoms with E-state index in [0.717, 1.165) is 50.0 Å². The van der Waals surface area contributed by atoms with Crippen LogP contribution in [-0.4, -0.2) is 7.05 Å². The molecule has 94 valence electrons. The quantitative estimate of drug-likeness (QED) is 0.768. The molecule has 0 aliphatic carbocycles. The van der Waals surface area contributed by atoms with Gasteiger partial charge in [0.25, 0.3) is 0 Å². The molecule has 0 amide bonds. The molecule has 0 bridgehead atoms. The molecule has 3 aromatic rings. The molecule has 0 fully saturated rings. The number of hydrogen-bond acceptors (Lipinski definition) is 3. The summed E-state index contributed by atoms with van der Waals surface area (Å²) in [7, 11) is 1.93. The Bertz CT molecular complexity index is 681. The third kappa shape index (κ3) is 1.60. The van der Waals surface area contributed by atoms with Gasteiger partial charge in [0.1, 0.15) is 22.7 Å². The van der Waals surface area contributed by atoms with E-state index < -0.39 is 0 Å². The monoisotopic (exact) mass is 307 g/mol. The molecule has 0 aliphatic heterocycles. The van der Waals surface area contributed by atoms with E-state index in [0.29, 0.717) is 0 Å². The molecule has 0 aliphatic rings. The van der Waals surface area contributed by atoms with Crippen LogP contribution in [0.3, 0.4) is 0 Å². The first-order valence-electron chi connectivity index (χ1n) is 5.87. The first-order chi connectivity index (χ1) is 8.61. The van der Waals surface area contributed by atoms with Crippen molar-refractivity contribution in [2.45, 2.75) is 20.4 Å². The molecule has 0 atom stereocenters. The van der Waals surface area contributed by atoms with Crippen LogP contribution in [0.2, 0.25) is 0 Å². The van der Waals surface area contributed by atoms with Gasteiger partial charge in [0.05, 0.1) is 4.47 Å². The van der Waals surface area contributed by atoms with Gasteiger partial charge in [-0.3, -0.25) is 0 Å². The van der Waals surface area contributed by atoms with Crippen LogP contribution in [0, 0.1) is 13.8 Å². The van der Waals surface area contributed by atoms with Gasteiger partial charge in [-0.25, -0.2) is 0 Å². The molecular weight excluding hydrogens is 294 g/mol. The zero-order chi connectivity index (χ0) is 12.9. The molecular formula is C14H14BrNO2. The fourth-order valence-corrected chi connectivity index (χ4v) is 2.99. The third-order valence-corrected chi connectivity index (χ3v) is 3.89. The van der Waals surface area contributed by atoms with Crippen LogP contribution in [0.15, 0.2) is 25.4 Å². The maximum Gasteiger partial charge on any atom is 0.149 e. The highest BCUT2D eigenvalue weighted by Gasteiger charge is 2.18. The summed E-state index contributed by atoms with van der Waals surface area (Å²) in [5.41, 5.74) is 2.98. The predicted octanol–water partition coefficient (Wildman–Crippen LogP) is 4.28. The van der Waals surface area contributed by atoms with E-state index >= 15 is 0 Å². The van der Waals surface area contributed by atoms with Gasteiger partial charge in [0.15, 0.2) is 0 Å². The summed E-state index contributed by atoms with van der Waals surface area (Å²) in [6, 6.07) is 4.10. The predicted molar refractivity (Wildman–Crippen MR) is 75.9 cm³/mol. The Labute approximate surface area is 113 Å². The maximum atomic E-state index is 5.84. The highest BCUT2D eigenvalue weighted by Crippen LogP contribution is 2.39. The Hall–Kier alpha value is -1.26. The van der Waals surface area contributed by atoms with Gasteiger partial charge in [0, 0.05) is 22.9 Å². The van der Waals surface area contributed by atoms with Crippen molar-refractivity contribution in [3.63, 3.8) is 0 Å². The fraction of sp³-hybridized carbons (Fsp3) is 0.286. The maximum absolute atomic E-state index is 5.84. The highest BCUT2D eigenvalue weighted by atomic mass is 79.9. The Morgan fingerprint density at radius 2 is 1.67 bits per heavy atom. The zero-order valence-electron chi connectivity index (χ0n) is 10.6. The second-order valence-electron chi connectivity index (χ2n) is 4.52. The normalized spacial score (nSPS) is 11.8. The topological polar surface area (TPSA) is 38.3 Å². The van der Waals surface area contributed by atoms with Gasteiger partial charge in [-0.15, -0.1) is 0 Å². The lowest BCUT2D eigenvalue weighted by atomic mass is 10.1. The number of fused-ring (bicyclic) bond motifs is 2. The lowest BCUT2D eigenvalue weighted by molar-refractivity contribution is 0.570. The Morgan fingerprint density at radius 1 is 1.06 bits per heavy atom. The average Bonchev–Trinajstić information content (AvgIpc) is 2.88. The second-order valence-corrected chi connectivity index (χ2v) is 5.32. The summed E-state index contributed by atoms with van der Waals surface area (Å²) < 4.78 is 12.6. The summed E-state index contributed by atoms with van der Waals surface area (Å²) >= 11 is 3.62. The molecule has 1 aromatic carbocycles. The first kappa shape index (κ1) is 11.8. The molecule has 0 saturated heterocycles. The minimum absolute atomic E-state index is 0.756. The van der Waals surface area contributed by atoms with Gasteiger partial charge in [-0.1, -0.05) is 0 Å². The zero-order valence-corrected chi connectivity index (χ0v) is 12.1. The number of aryl methyl sites for hydroxylation is 2. The van der Waals surface area contributed by atoms with E-state index in [1.54, 1.807) is 0 Å². The SMILES string of the molecule is CNCc1c2cc(C)oc2c(Br)c2cc(C)oc12. The lowest BCUT2D eigenvalue weighted by Crippen LogP contribution is -2.05. The standard InChI is InChI=1S/C14H14BrNO2/c1-7-4-9-11(6-16-3)13-10(5-8(2)17-13)12(15)14(9)18-7/h4-5,16H,6H2,1-3H3. The molecule has 3 rings (SSSR count). The molecule has 1 N–H and O–H groups in total. The van der Waals surface area contributed by atoms with Crippen molar-refractivity contribution in [2.24, 2.45) is 0 Å². The van der Waals surface area contributed by atoms with Crippen molar-refractivity contribution in [2.75, 3.05) is 7.05 Å². The van der Waals surface area contributed by atoms with Crippen LogP contribution in [0.4, 0.5) is 0 Å². The molecule has 2 aromatic heterocycles. The van der Waals surface area contributed by atoms with Crippen LogP contribution in [-0.2, 0) is 6.54 Å². The van der Waals surface area contributed by atoms with E-state index in [1.165, 1.54) is 0 Å². The van der Waals surface area contributed by atoms with Crippen LogP contribution in [0.1, 0.15) is 17.1 Å². The Balaban J connectivity index is 2.51. The summed E-state index contributed by atoms with van der Waals surface area (Å²) in [6.45, 7) is 4.68. The van der Waals surface area contributed by atoms with Crippen LogP contribution >= 0.6 is 15.9 Å². The molecule has 4 heteroatoms. The minimum atomic E-state index is 0.756. The van der Waals surface area contributed by atoms with Gasteiger partial charge in [0.2, 0.25) is 0 Å². The first-order valence-corrected chi connectivity index (χ1v) is 6.66.